The first-order chi connectivity index (χ1) is 17.4. The Morgan fingerprint density at radius 3 is 2.44 bits per heavy atom. The molecule has 4 nitrogen and oxygen atoms in total. The number of carbonyl (C=O) groups excluding carboxylic acids is 2. The van der Waals surface area contributed by atoms with Crippen LogP contribution in [-0.4, -0.2) is 20.6 Å². The second-order valence-electron chi connectivity index (χ2n) is 8.47. The summed E-state index contributed by atoms with van der Waals surface area (Å²) in [5, 5.41) is 1.55. The Morgan fingerprint density at radius 1 is 0.972 bits per heavy atom. The third-order valence-corrected chi connectivity index (χ3v) is 7.71. The van der Waals surface area contributed by atoms with Crippen LogP contribution in [0, 0.1) is 5.82 Å². The molecule has 1 saturated heterocycles. The summed E-state index contributed by atoms with van der Waals surface area (Å²) in [5.74, 6) is -0.715. The number of amides is 2. The van der Waals surface area contributed by atoms with Gasteiger partial charge in [0.15, 0.2) is 0 Å². The number of carbonyl (C=O) groups is 2. The van der Waals surface area contributed by atoms with Crippen LogP contribution in [0.2, 0.25) is 10.0 Å². The van der Waals surface area contributed by atoms with Crippen LogP contribution in [0.4, 0.5) is 9.18 Å². The van der Waals surface area contributed by atoms with E-state index in [1.807, 2.05) is 29.0 Å². The molecule has 3 aromatic carbocycles. The van der Waals surface area contributed by atoms with Gasteiger partial charge in [0.25, 0.3) is 11.1 Å². The number of thioether (sulfide) groups is 1. The summed E-state index contributed by atoms with van der Waals surface area (Å²) in [6.45, 7) is 2.47. The van der Waals surface area contributed by atoms with Gasteiger partial charge in [-0.15, -0.1) is 0 Å². The van der Waals surface area contributed by atoms with Crippen LogP contribution in [-0.2, 0) is 24.3 Å². The van der Waals surface area contributed by atoms with Crippen LogP contribution in [0.15, 0.2) is 71.8 Å². The van der Waals surface area contributed by atoms with Crippen molar-refractivity contribution in [3.63, 3.8) is 0 Å². The first-order valence-corrected chi connectivity index (χ1v) is 13.0. The van der Waals surface area contributed by atoms with E-state index in [2.05, 4.69) is 6.92 Å². The second-order valence-corrected chi connectivity index (χ2v) is 10.3. The topological polar surface area (TPSA) is 42.3 Å². The minimum atomic E-state index is -0.372. The largest absolute Gasteiger partial charge is 0.342 e. The highest BCUT2D eigenvalue weighted by atomic mass is 35.5. The van der Waals surface area contributed by atoms with Crippen molar-refractivity contribution in [1.29, 1.82) is 0 Å². The van der Waals surface area contributed by atoms with Crippen molar-refractivity contribution in [3.05, 3.63) is 110 Å². The van der Waals surface area contributed by atoms with Gasteiger partial charge >= 0.3 is 0 Å². The van der Waals surface area contributed by atoms with E-state index in [1.54, 1.807) is 42.5 Å². The lowest BCUT2D eigenvalue weighted by molar-refractivity contribution is -0.123. The van der Waals surface area contributed by atoms with E-state index in [0.717, 1.165) is 45.8 Å². The van der Waals surface area contributed by atoms with E-state index in [0.29, 0.717) is 20.5 Å². The van der Waals surface area contributed by atoms with Crippen LogP contribution in [0.5, 0.6) is 0 Å². The van der Waals surface area contributed by atoms with Gasteiger partial charge in [-0.3, -0.25) is 14.5 Å². The Hall–Kier alpha value is -3.06. The maximum Gasteiger partial charge on any atom is 0.293 e. The molecule has 36 heavy (non-hydrogen) atoms. The van der Waals surface area contributed by atoms with Gasteiger partial charge in [-0.2, -0.15) is 0 Å². The highest BCUT2D eigenvalue weighted by Gasteiger charge is 2.35. The fourth-order valence-corrected chi connectivity index (χ4v) is 5.57. The average molecular weight is 539 g/mol. The molecule has 0 atom stereocenters. The third kappa shape index (κ3) is 4.69. The van der Waals surface area contributed by atoms with Crippen molar-refractivity contribution in [2.45, 2.75) is 26.4 Å². The Kier molecular flexibility index (Phi) is 6.93. The fourth-order valence-electron chi connectivity index (χ4n) is 4.39. The summed E-state index contributed by atoms with van der Waals surface area (Å²) in [7, 11) is 0. The number of rotatable bonds is 6. The summed E-state index contributed by atoms with van der Waals surface area (Å²) in [6, 6.07) is 17.7. The Bertz CT molecular complexity index is 1510. The van der Waals surface area contributed by atoms with Crippen LogP contribution in [0.25, 0.3) is 17.0 Å². The third-order valence-electron chi connectivity index (χ3n) is 6.20. The van der Waals surface area contributed by atoms with Crippen molar-refractivity contribution in [2.24, 2.45) is 0 Å². The Labute approximate surface area is 222 Å². The molecule has 182 valence electrons. The molecule has 0 unspecified atom stereocenters. The molecular weight excluding hydrogens is 518 g/mol. The van der Waals surface area contributed by atoms with E-state index >= 15 is 0 Å². The molecule has 0 spiro atoms. The monoisotopic (exact) mass is 538 g/mol. The SMILES string of the molecule is CCc1cccc2c(/C=C3\SC(=O)N(Cc4ccc(Cl)cc4)C3=O)cn(Cc3c(F)cccc3Cl)c12. The molecule has 1 aromatic heterocycles. The predicted molar refractivity (Wildman–Crippen MR) is 145 cm³/mol. The lowest BCUT2D eigenvalue weighted by Crippen LogP contribution is -2.27. The molecule has 2 amide bonds. The van der Waals surface area contributed by atoms with Crippen LogP contribution >= 0.6 is 35.0 Å². The van der Waals surface area contributed by atoms with Gasteiger partial charge in [-0.1, -0.05) is 66.5 Å². The van der Waals surface area contributed by atoms with E-state index in [4.69, 9.17) is 23.2 Å². The molecule has 4 aromatic rings. The molecule has 5 rings (SSSR count). The van der Waals surface area contributed by atoms with Crippen molar-refractivity contribution in [3.8, 4) is 0 Å². The molecule has 0 radical (unpaired) electrons. The molecule has 8 heteroatoms. The number of fused-ring (bicyclic) bond motifs is 1. The molecule has 0 saturated carbocycles. The number of hydrogen-bond donors (Lipinski definition) is 0. The fraction of sp³-hybridized carbons (Fsp3) is 0.143. The van der Waals surface area contributed by atoms with Crippen molar-refractivity contribution in [1.82, 2.24) is 9.47 Å². The second kappa shape index (κ2) is 10.1. The summed E-state index contributed by atoms with van der Waals surface area (Å²) in [4.78, 5) is 27.4. The number of aryl methyl sites for hydroxylation is 1. The smallest absolute Gasteiger partial charge is 0.293 e. The molecule has 0 N–H and O–H groups in total. The van der Waals surface area contributed by atoms with Crippen molar-refractivity contribution in [2.75, 3.05) is 0 Å². The van der Waals surface area contributed by atoms with Gasteiger partial charge in [-0.05, 0) is 59.7 Å². The highest BCUT2D eigenvalue weighted by Crippen LogP contribution is 2.36. The standard InChI is InChI=1S/C28H21Cl2FN2O2S/c1-2-18-5-3-6-21-19(15-32(26(18)21)16-22-23(30)7-4-8-24(22)31)13-25-27(34)33(28(35)36-25)14-17-9-11-20(29)12-10-17/h3-13,15H,2,14,16H2,1H3/b25-13-. The number of para-hydroxylation sites is 1. The van der Waals surface area contributed by atoms with Crippen LogP contribution in [0.1, 0.15) is 29.2 Å². The van der Waals surface area contributed by atoms with E-state index in [-0.39, 0.29) is 30.1 Å². The molecule has 1 aliphatic heterocycles. The normalized spacial score (nSPS) is 15.0. The predicted octanol–water partition coefficient (Wildman–Crippen LogP) is 7.93. The molecule has 1 fully saturated rings. The first-order valence-electron chi connectivity index (χ1n) is 11.4. The summed E-state index contributed by atoms with van der Waals surface area (Å²) < 4.78 is 16.5. The quantitative estimate of drug-likeness (QED) is 0.234. The number of imide groups is 1. The van der Waals surface area contributed by atoms with E-state index in [1.165, 1.54) is 11.0 Å². The Balaban J connectivity index is 1.53. The highest BCUT2D eigenvalue weighted by molar-refractivity contribution is 8.18. The van der Waals surface area contributed by atoms with Gasteiger partial charge in [0.1, 0.15) is 5.82 Å². The number of halogens is 3. The van der Waals surface area contributed by atoms with E-state index < -0.39 is 0 Å². The Morgan fingerprint density at radius 2 is 1.72 bits per heavy atom. The van der Waals surface area contributed by atoms with E-state index in [9.17, 15) is 14.0 Å². The van der Waals surface area contributed by atoms with Crippen LogP contribution in [0.3, 0.4) is 0 Å². The lowest BCUT2D eigenvalue weighted by Gasteiger charge is -2.12. The minimum absolute atomic E-state index is 0.173. The number of aromatic nitrogens is 1. The zero-order valence-corrected chi connectivity index (χ0v) is 21.6. The minimum Gasteiger partial charge on any atom is -0.342 e. The molecule has 2 heterocycles. The van der Waals surface area contributed by atoms with Gasteiger partial charge in [0, 0.05) is 32.8 Å². The van der Waals surface area contributed by atoms with Crippen molar-refractivity contribution >= 4 is 63.1 Å². The van der Waals surface area contributed by atoms with Gasteiger partial charge < -0.3 is 4.57 Å². The molecule has 1 aliphatic rings. The van der Waals surface area contributed by atoms with Crippen molar-refractivity contribution < 1.29 is 14.0 Å². The molecular formula is C28H21Cl2FN2O2S. The number of nitrogens with zero attached hydrogens (tertiary/aromatic N) is 2. The van der Waals surface area contributed by atoms with Gasteiger partial charge in [0.05, 0.1) is 23.5 Å². The maximum absolute atomic E-state index is 14.6. The number of benzene rings is 3. The summed E-state index contributed by atoms with van der Waals surface area (Å²) >= 11 is 13.2. The molecule has 0 aliphatic carbocycles. The zero-order chi connectivity index (χ0) is 25.4. The van der Waals surface area contributed by atoms with Crippen LogP contribution < -0.4 is 0 Å². The average Bonchev–Trinajstić information content (AvgIpc) is 3.34. The summed E-state index contributed by atoms with van der Waals surface area (Å²) in [6.07, 6.45) is 4.41. The van der Waals surface area contributed by atoms with Gasteiger partial charge in [-0.25, -0.2) is 4.39 Å². The lowest BCUT2D eigenvalue weighted by atomic mass is 10.1. The maximum atomic E-state index is 14.6. The summed E-state index contributed by atoms with van der Waals surface area (Å²) in [5.41, 5.74) is 4.04. The first kappa shape index (κ1) is 24.6. The molecule has 0 bridgehead atoms. The van der Waals surface area contributed by atoms with Gasteiger partial charge in [0.2, 0.25) is 0 Å². The number of hydrogen-bond acceptors (Lipinski definition) is 3. The zero-order valence-electron chi connectivity index (χ0n) is 19.3.